The lowest BCUT2D eigenvalue weighted by Gasteiger charge is -2.24. The second kappa shape index (κ2) is 7.47. The smallest absolute Gasteiger partial charge is 0.325 e. The highest BCUT2D eigenvalue weighted by molar-refractivity contribution is 6.09. The molecule has 0 radical (unpaired) electrons. The van der Waals surface area contributed by atoms with Crippen LogP contribution in [0.15, 0.2) is 66.7 Å². The number of imide groups is 1. The summed E-state index contributed by atoms with van der Waals surface area (Å²) in [5.41, 5.74) is -0.328. The van der Waals surface area contributed by atoms with Crippen molar-refractivity contribution in [1.29, 1.82) is 0 Å². The van der Waals surface area contributed by atoms with Crippen molar-refractivity contribution in [3.63, 3.8) is 0 Å². The largest absolute Gasteiger partial charge is 0.497 e. The molecule has 3 amide bonds. The normalized spacial score (nSPS) is 18.8. The molecule has 1 fully saturated rings. The quantitative estimate of drug-likeness (QED) is 0.652. The Kier molecular flexibility index (Phi) is 4.84. The van der Waals surface area contributed by atoms with E-state index in [1.54, 1.807) is 38.3 Å². The predicted octanol–water partition coefficient (Wildman–Crippen LogP) is 3.69. The standard InChI is InChI=1S/C23H22N2O4/c1-23(20-9-5-7-16-6-3-4-8-19(16)20)21(26)25(22(27)24-23)14-15-29-18-12-10-17(28-2)11-13-18/h3-13H,14-15H2,1-2H3,(H,24,27)/t23-/m0/s1. The van der Waals surface area contributed by atoms with Crippen LogP contribution in [0.1, 0.15) is 12.5 Å². The number of amides is 3. The van der Waals surface area contributed by atoms with Gasteiger partial charge in [0, 0.05) is 0 Å². The van der Waals surface area contributed by atoms with Crippen molar-refractivity contribution in [2.75, 3.05) is 20.3 Å². The molecule has 1 atom stereocenters. The Hall–Kier alpha value is -3.54. The van der Waals surface area contributed by atoms with Gasteiger partial charge in [-0.2, -0.15) is 0 Å². The Morgan fingerprint density at radius 1 is 0.931 bits per heavy atom. The van der Waals surface area contributed by atoms with Crippen molar-refractivity contribution in [3.8, 4) is 11.5 Å². The van der Waals surface area contributed by atoms with Crippen molar-refractivity contribution < 1.29 is 19.1 Å². The minimum atomic E-state index is -1.11. The fourth-order valence-electron chi connectivity index (χ4n) is 3.67. The lowest BCUT2D eigenvalue weighted by Crippen LogP contribution is -2.41. The van der Waals surface area contributed by atoms with Crippen LogP contribution in [0.2, 0.25) is 0 Å². The minimum absolute atomic E-state index is 0.164. The fraction of sp³-hybridized carbons (Fsp3) is 0.217. The first-order valence-electron chi connectivity index (χ1n) is 9.42. The van der Waals surface area contributed by atoms with E-state index in [9.17, 15) is 9.59 Å². The van der Waals surface area contributed by atoms with Crippen LogP contribution in [0.5, 0.6) is 11.5 Å². The molecule has 0 aliphatic carbocycles. The number of carbonyl (C=O) groups excluding carboxylic acids is 2. The van der Waals surface area contributed by atoms with E-state index in [0.717, 1.165) is 22.1 Å². The van der Waals surface area contributed by atoms with Gasteiger partial charge in [-0.15, -0.1) is 0 Å². The molecule has 4 rings (SSSR count). The molecule has 0 saturated carbocycles. The maximum absolute atomic E-state index is 13.2. The second-order valence-corrected chi connectivity index (χ2v) is 7.06. The zero-order valence-electron chi connectivity index (χ0n) is 16.3. The van der Waals surface area contributed by atoms with Gasteiger partial charge >= 0.3 is 6.03 Å². The van der Waals surface area contributed by atoms with Gasteiger partial charge in [0.05, 0.1) is 13.7 Å². The number of nitrogens with one attached hydrogen (secondary N) is 1. The van der Waals surface area contributed by atoms with E-state index in [4.69, 9.17) is 9.47 Å². The Balaban J connectivity index is 1.50. The zero-order valence-corrected chi connectivity index (χ0v) is 16.3. The molecule has 6 nitrogen and oxygen atoms in total. The zero-order chi connectivity index (χ0) is 20.4. The number of nitrogens with zero attached hydrogens (tertiary/aromatic N) is 1. The summed E-state index contributed by atoms with van der Waals surface area (Å²) in [7, 11) is 1.60. The molecule has 148 valence electrons. The molecule has 1 aliphatic rings. The molecule has 1 aliphatic heterocycles. The highest BCUT2D eigenvalue weighted by Crippen LogP contribution is 2.33. The summed E-state index contributed by atoms with van der Waals surface area (Å²) in [5.74, 6) is 1.10. The van der Waals surface area contributed by atoms with Gasteiger partial charge in [0.15, 0.2) is 0 Å². The van der Waals surface area contributed by atoms with E-state index in [0.29, 0.717) is 5.75 Å². The number of fused-ring (bicyclic) bond motifs is 1. The summed E-state index contributed by atoms with van der Waals surface area (Å²) < 4.78 is 10.8. The highest BCUT2D eigenvalue weighted by Gasteiger charge is 2.49. The Bertz CT molecular complexity index is 1060. The number of benzene rings is 3. The van der Waals surface area contributed by atoms with E-state index in [2.05, 4.69) is 5.32 Å². The maximum atomic E-state index is 13.2. The first-order chi connectivity index (χ1) is 14.0. The van der Waals surface area contributed by atoms with Gasteiger partial charge in [0.2, 0.25) is 0 Å². The van der Waals surface area contributed by atoms with Gasteiger partial charge in [0.1, 0.15) is 23.6 Å². The molecule has 6 heteroatoms. The number of urea groups is 1. The first kappa shape index (κ1) is 18.8. The van der Waals surface area contributed by atoms with E-state index in [-0.39, 0.29) is 19.1 Å². The topological polar surface area (TPSA) is 67.9 Å². The molecule has 3 aromatic carbocycles. The Morgan fingerprint density at radius 3 is 2.38 bits per heavy atom. The van der Waals surface area contributed by atoms with E-state index < -0.39 is 11.6 Å². The van der Waals surface area contributed by atoms with Crippen LogP contribution in [-0.2, 0) is 10.3 Å². The summed E-state index contributed by atoms with van der Waals surface area (Å²) in [5, 5.41) is 4.84. The summed E-state index contributed by atoms with van der Waals surface area (Å²) >= 11 is 0. The SMILES string of the molecule is COc1ccc(OCCN2C(=O)N[C@@](C)(c3cccc4ccccc34)C2=O)cc1. The van der Waals surface area contributed by atoms with Crippen molar-refractivity contribution in [3.05, 3.63) is 72.3 Å². The molecule has 0 bridgehead atoms. The van der Waals surface area contributed by atoms with Crippen LogP contribution < -0.4 is 14.8 Å². The van der Waals surface area contributed by atoms with Gasteiger partial charge in [-0.25, -0.2) is 4.79 Å². The highest BCUT2D eigenvalue weighted by atomic mass is 16.5. The molecule has 1 N–H and O–H groups in total. The maximum Gasteiger partial charge on any atom is 0.325 e. The van der Waals surface area contributed by atoms with Crippen molar-refractivity contribution >= 4 is 22.7 Å². The van der Waals surface area contributed by atoms with Gasteiger partial charge in [0.25, 0.3) is 5.91 Å². The van der Waals surface area contributed by atoms with Crippen LogP contribution >= 0.6 is 0 Å². The first-order valence-corrected chi connectivity index (χ1v) is 9.42. The van der Waals surface area contributed by atoms with Crippen LogP contribution in [-0.4, -0.2) is 37.1 Å². The fourth-order valence-corrected chi connectivity index (χ4v) is 3.67. The number of methoxy groups -OCH3 is 1. The van der Waals surface area contributed by atoms with E-state index in [1.165, 1.54) is 4.90 Å². The summed E-state index contributed by atoms with van der Waals surface area (Å²) in [6.07, 6.45) is 0. The van der Waals surface area contributed by atoms with E-state index >= 15 is 0 Å². The summed E-state index contributed by atoms with van der Waals surface area (Å²) in [6, 6.07) is 20.3. The van der Waals surface area contributed by atoms with Crippen LogP contribution in [0.3, 0.4) is 0 Å². The number of ether oxygens (including phenoxy) is 2. The number of carbonyl (C=O) groups is 2. The molecule has 0 unspecified atom stereocenters. The lowest BCUT2D eigenvalue weighted by molar-refractivity contribution is -0.131. The molecule has 0 aromatic heterocycles. The summed E-state index contributed by atoms with van der Waals surface area (Å²) in [6.45, 7) is 2.12. The Morgan fingerprint density at radius 2 is 1.62 bits per heavy atom. The van der Waals surface area contributed by atoms with Crippen LogP contribution in [0.4, 0.5) is 4.79 Å². The third-order valence-electron chi connectivity index (χ3n) is 5.25. The van der Waals surface area contributed by atoms with Gasteiger partial charge in [-0.3, -0.25) is 9.69 Å². The molecular formula is C23H22N2O4. The third kappa shape index (κ3) is 3.38. The number of rotatable bonds is 6. The van der Waals surface area contributed by atoms with Crippen molar-refractivity contribution in [2.24, 2.45) is 0 Å². The molecule has 29 heavy (non-hydrogen) atoms. The molecule has 0 spiro atoms. The third-order valence-corrected chi connectivity index (χ3v) is 5.25. The van der Waals surface area contributed by atoms with Gasteiger partial charge < -0.3 is 14.8 Å². The molecule has 1 saturated heterocycles. The van der Waals surface area contributed by atoms with E-state index in [1.807, 2.05) is 42.5 Å². The number of hydrogen-bond donors (Lipinski definition) is 1. The van der Waals surface area contributed by atoms with Crippen molar-refractivity contribution in [1.82, 2.24) is 10.2 Å². The molecule has 3 aromatic rings. The monoisotopic (exact) mass is 390 g/mol. The lowest BCUT2D eigenvalue weighted by atomic mass is 9.88. The average molecular weight is 390 g/mol. The average Bonchev–Trinajstić information content (AvgIpc) is 2.97. The van der Waals surface area contributed by atoms with Gasteiger partial charge in [-0.1, -0.05) is 42.5 Å². The Labute approximate surface area is 169 Å². The molecular weight excluding hydrogens is 368 g/mol. The summed E-state index contributed by atoms with van der Waals surface area (Å²) in [4.78, 5) is 26.9. The van der Waals surface area contributed by atoms with Crippen LogP contribution in [0, 0.1) is 0 Å². The predicted molar refractivity (Wildman–Crippen MR) is 110 cm³/mol. The molecule has 1 heterocycles. The van der Waals surface area contributed by atoms with Crippen molar-refractivity contribution in [2.45, 2.75) is 12.5 Å². The van der Waals surface area contributed by atoms with Crippen LogP contribution in [0.25, 0.3) is 10.8 Å². The second-order valence-electron chi connectivity index (χ2n) is 7.06. The number of hydrogen-bond acceptors (Lipinski definition) is 4. The van der Waals surface area contributed by atoms with Gasteiger partial charge in [-0.05, 0) is 47.5 Å². The minimum Gasteiger partial charge on any atom is -0.497 e.